The molecular weight excluding hydrogens is 296 g/mol. The molecule has 1 aromatic carbocycles. The smallest absolute Gasteiger partial charge is 0.242 e. The number of hydrogen-bond acceptors (Lipinski definition) is 5. The van der Waals surface area contributed by atoms with Crippen LogP contribution in [0.2, 0.25) is 0 Å². The summed E-state index contributed by atoms with van der Waals surface area (Å²) in [4.78, 5) is 23.4. The number of nitrogens with zero attached hydrogens (tertiary/aromatic N) is 4. The van der Waals surface area contributed by atoms with Crippen LogP contribution in [0.1, 0.15) is 6.92 Å². The van der Waals surface area contributed by atoms with E-state index < -0.39 is 0 Å². The zero-order chi connectivity index (χ0) is 15.5. The van der Waals surface area contributed by atoms with Gasteiger partial charge < -0.3 is 4.90 Å². The van der Waals surface area contributed by atoms with Crippen molar-refractivity contribution < 1.29 is 4.79 Å². The number of fused-ring (bicyclic) bond motifs is 1. The number of rotatable bonds is 4. The minimum atomic E-state index is 0.115. The number of para-hydroxylation sites is 1. The molecule has 0 spiro atoms. The van der Waals surface area contributed by atoms with Crippen LogP contribution in [0.5, 0.6) is 0 Å². The van der Waals surface area contributed by atoms with Gasteiger partial charge in [-0.1, -0.05) is 30.4 Å². The first-order valence-corrected chi connectivity index (χ1v) is 8.56. The lowest BCUT2D eigenvalue weighted by Gasteiger charge is -2.34. The van der Waals surface area contributed by atoms with Crippen LogP contribution in [-0.2, 0) is 4.79 Å². The summed E-state index contributed by atoms with van der Waals surface area (Å²) in [5.74, 6) is 0.115. The Balaban J connectivity index is 1.62. The molecule has 1 fully saturated rings. The van der Waals surface area contributed by atoms with Crippen LogP contribution in [0.3, 0.4) is 0 Å². The molecule has 0 N–H and O–H groups in total. The molecule has 6 heteroatoms. The van der Waals surface area contributed by atoms with E-state index in [0.717, 1.165) is 48.1 Å². The van der Waals surface area contributed by atoms with Gasteiger partial charge in [-0.25, -0.2) is 4.98 Å². The van der Waals surface area contributed by atoms with Crippen LogP contribution < -0.4 is 4.90 Å². The maximum absolute atomic E-state index is 12.5. The largest absolute Gasteiger partial charge is 0.301 e. The molecule has 3 rings (SSSR count). The summed E-state index contributed by atoms with van der Waals surface area (Å²) in [5, 5.41) is 0.776. The van der Waals surface area contributed by atoms with Gasteiger partial charge in [0, 0.05) is 33.2 Å². The number of anilines is 1. The lowest BCUT2D eigenvalue weighted by Crippen LogP contribution is -2.49. The lowest BCUT2D eigenvalue weighted by molar-refractivity contribution is -0.119. The van der Waals surface area contributed by atoms with Crippen LogP contribution in [-0.4, -0.2) is 67.0 Å². The van der Waals surface area contributed by atoms with E-state index in [4.69, 9.17) is 0 Å². The van der Waals surface area contributed by atoms with Gasteiger partial charge in [-0.3, -0.25) is 14.6 Å². The second kappa shape index (κ2) is 6.73. The van der Waals surface area contributed by atoms with E-state index in [1.165, 1.54) is 0 Å². The Hall–Kier alpha value is -1.50. The number of amides is 1. The fraction of sp³-hybridized carbons (Fsp3) is 0.500. The molecule has 0 saturated carbocycles. The molecule has 5 nitrogen and oxygen atoms in total. The fourth-order valence-electron chi connectivity index (χ4n) is 2.67. The number of piperazine rings is 1. The first kappa shape index (κ1) is 15.4. The van der Waals surface area contributed by atoms with Gasteiger partial charge in [-0.15, -0.1) is 0 Å². The first-order chi connectivity index (χ1) is 10.7. The van der Waals surface area contributed by atoms with Crippen molar-refractivity contribution in [1.82, 2.24) is 14.8 Å². The lowest BCUT2D eigenvalue weighted by atomic mass is 10.3. The van der Waals surface area contributed by atoms with Gasteiger partial charge >= 0.3 is 0 Å². The predicted molar refractivity (Wildman–Crippen MR) is 91.6 cm³/mol. The van der Waals surface area contributed by atoms with E-state index >= 15 is 0 Å². The maximum Gasteiger partial charge on any atom is 0.242 e. The standard InChI is InChI=1S/C16H22N4OS/c1-3-19-8-10-20(11-9-19)12-15(21)18(2)16-17-13-6-4-5-7-14(13)22-16/h4-7H,3,8-12H2,1-2H3. The van der Waals surface area contributed by atoms with E-state index in [2.05, 4.69) is 21.7 Å². The van der Waals surface area contributed by atoms with Gasteiger partial charge in [0.05, 0.1) is 16.8 Å². The van der Waals surface area contributed by atoms with Crippen molar-refractivity contribution in [2.75, 3.05) is 51.2 Å². The molecule has 1 aliphatic rings. The molecule has 0 radical (unpaired) electrons. The predicted octanol–water partition coefficient (Wildman–Crippen LogP) is 1.90. The zero-order valence-electron chi connectivity index (χ0n) is 13.2. The second-order valence-electron chi connectivity index (χ2n) is 5.63. The monoisotopic (exact) mass is 318 g/mol. The maximum atomic E-state index is 12.5. The van der Waals surface area contributed by atoms with E-state index in [0.29, 0.717) is 6.54 Å². The third-order valence-electron chi connectivity index (χ3n) is 4.21. The SMILES string of the molecule is CCN1CCN(CC(=O)N(C)c2nc3ccccc3s2)CC1. The van der Waals surface area contributed by atoms with Crippen molar-refractivity contribution in [3.8, 4) is 0 Å². The minimum Gasteiger partial charge on any atom is -0.301 e. The molecule has 22 heavy (non-hydrogen) atoms. The summed E-state index contributed by atoms with van der Waals surface area (Å²) in [6.07, 6.45) is 0. The second-order valence-corrected chi connectivity index (χ2v) is 6.64. The van der Waals surface area contributed by atoms with Gasteiger partial charge in [-0.2, -0.15) is 0 Å². The van der Waals surface area contributed by atoms with Crippen molar-refractivity contribution in [3.63, 3.8) is 0 Å². The van der Waals surface area contributed by atoms with Gasteiger partial charge in [0.2, 0.25) is 5.91 Å². The molecule has 2 heterocycles. The Labute approximate surface area is 135 Å². The van der Waals surface area contributed by atoms with E-state index in [1.54, 1.807) is 16.2 Å². The summed E-state index contributed by atoms with van der Waals surface area (Å²) < 4.78 is 1.12. The highest BCUT2D eigenvalue weighted by molar-refractivity contribution is 7.22. The third kappa shape index (κ3) is 3.29. The zero-order valence-corrected chi connectivity index (χ0v) is 14.0. The van der Waals surface area contributed by atoms with Crippen LogP contribution in [0.4, 0.5) is 5.13 Å². The Morgan fingerprint density at radius 2 is 1.91 bits per heavy atom. The Kier molecular flexibility index (Phi) is 4.71. The van der Waals surface area contributed by atoms with Crippen molar-refractivity contribution >= 4 is 32.6 Å². The van der Waals surface area contributed by atoms with Gasteiger partial charge in [0.15, 0.2) is 5.13 Å². The number of carbonyl (C=O) groups excluding carboxylic acids is 1. The third-order valence-corrected chi connectivity index (χ3v) is 5.33. The average Bonchev–Trinajstić information content (AvgIpc) is 2.98. The summed E-state index contributed by atoms with van der Waals surface area (Å²) >= 11 is 1.57. The molecule has 0 aliphatic carbocycles. The summed E-state index contributed by atoms with van der Waals surface area (Å²) in [5.41, 5.74) is 0.957. The van der Waals surface area contributed by atoms with E-state index in [-0.39, 0.29) is 5.91 Å². The number of benzene rings is 1. The summed E-state index contributed by atoms with van der Waals surface area (Å²) in [6, 6.07) is 8.00. The molecule has 0 unspecified atom stereocenters. The normalized spacial score (nSPS) is 17.0. The first-order valence-electron chi connectivity index (χ1n) is 7.74. The van der Waals surface area contributed by atoms with Crippen molar-refractivity contribution in [3.05, 3.63) is 24.3 Å². The molecule has 0 atom stereocenters. The molecule has 1 amide bonds. The van der Waals surface area contributed by atoms with Gasteiger partial charge in [-0.05, 0) is 18.7 Å². The van der Waals surface area contributed by atoms with Crippen LogP contribution in [0.25, 0.3) is 10.2 Å². The molecule has 1 saturated heterocycles. The average molecular weight is 318 g/mol. The fourth-order valence-corrected chi connectivity index (χ4v) is 3.62. The Morgan fingerprint density at radius 3 is 2.59 bits per heavy atom. The van der Waals surface area contributed by atoms with Gasteiger partial charge in [0.25, 0.3) is 0 Å². The van der Waals surface area contributed by atoms with E-state index in [1.807, 2.05) is 31.3 Å². The van der Waals surface area contributed by atoms with E-state index in [9.17, 15) is 4.79 Å². The quantitative estimate of drug-likeness (QED) is 0.863. The van der Waals surface area contributed by atoms with Crippen molar-refractivity contribution in [1.29, 1.82) is 0 Å². The number of carbonyl (C=O) groups is 1. The highest BCUT2D eigenvalue weighted by Gasteiger charge is 2.21. The van der Waals surface area contributed by atoms with Gasteiger partial charge in [0.1, 0.15) is 0 Å². The highest BCUT2D eigenvalue weighted by Crippen LogP contribution is 2.27. The topological polar surface area (TPSA) is 39.7 Å². The van der Waals surface area contributed by atoms with Crippen LogP contribution >= 0.6 is 11.3 Å². The molecule has 1 aromatic heterocycles. The molecule has 0 bridgehead atoms. The molecule has 1 aliphatic heterocycles. The minimum absolute atomic E-state index is 0.115. The number of aromatic nitrogens is 1. The number of hydrogen-bond donors (Lipinski definition) is 0. The van der Waals surface area contributed by atoms with Crippen LogP contribution in [0.15, 0.2) is 24.3 Å². The Bertz CT molecular complexity index is 615. The van der Waals surface area contributed by atoms with Crippen LogP contribution in [0, 0.1) is 0 Å². The van der Waals surface area contributed by atoms with Crippen molar-refractivity contribution in [2.24, 2.45) is 0 Å². The Morgan fingerprint density at radius 1 is 1.23 bits per heavy atom. The molecular formula is C16H22N4OS. The van der Waals surface area contributed by atoms with Crippen molar-refractivity contribution in [2.45, 2.75) is 6.92 Å². The highest BCUT2D eigenvalue weighted by atomic mass is 32.1. The summed E-state index contributed by atoms with van der Waals surface area (Å²) in [6.45, 7) is 7.78. The molecule has 118 valence electrons. The number of thiazole rings is 1. The molecule has 2 aromatic rings. The summed E-state index contributed by atoms with van der Waals surface area (Å²) in [7, 11) is 1.82. The number of likely N-dealkylation sites (N-methyl/N-ethyl adjacent to an activating group) is 2.